The fourth-order valence-electron chi connectivity index (χ4n) is 4.53. The minimum absolute atomic E-state index is 0.134. The summed E-state index contributed by atoms with van der Waals surface area (Å²) in [5.74, 6) is 2.92. The Bertz CT molecular complexity index is 1740. The van der Waals surface area contributed by atoms with Gasteiger partial charge in [0, 0.05) is 21.9 Å². The van der Waals surface area contributed by atoms with Gasteiger partial charge in [-0.05, 0) is 47.4 Å². The lowest BCUT2D eigenvalue weighted by atomic mass is 9.99. The number of amides is 1. The summed E-state index contributed by atoms with van der Waals surface area (Å²) < 4.78 is 7.30. The van der Waals surface area contributed by atoms with E-state index in [1.807, 2.05) is 42.5 Å². The second-order valence-electron chi connectivity index (χ2n) is 9.20. The van der Waals surface area contributed by atoms with Crippen molar-refractivity contribution in [2.45, 2.75) is 26.3 Å². The average Bonchev–Trinajstić information content (AvgIpc) is 3.35. The van der Waals surface area contributed by atoms with Crippen molar-refractivity contribution in [2.24, 2.45) is 5.73 Å². The first kappa shape index (κ1) is 23.9. The van der Waals surface area contributed by atoms with Crippen molar-refractivity contribution in [1.82, 2.24) is 14.5 Å². The number of carbonyl (C=O) groups excluding carboxylic acids is 1. The summed E-state index contributed by atoms with van der Waals surface area (Å²) in [6.07, 6.45) is 5.38. The van der Waals surface area contributed by atoms with Crippen LogP contribution in [0.25, 0.3) is 33.1 Å². The van der Waals surface area contributed by atoms with Crippen molar-refractivity contribution in [1.29, 1.82) is 0 Å². The van der Waals surface area contributed by atoms with Crippen molar-refractivity contribution >= 4 is 27.7 Å². The number of rotatable bonds is 7. The number of nitrogens with one attached hydrogen (secondary N) is 1. The maximum atomic E-state index is 13.4. The van der Waals surface area contributed by atoms with Crippen LogP contribution in [0.3, 0.4) is 0 Å². The van der Waals surface area contributed by atoms with E-state index < -0.39 is 5.91 Å². The maximum absolute atomic E-state index is 13.4. The van der Waals surface area contributed by atoms with Gasteiger partial charge in [0.25, 0.3) is 5.91 Å². The Labute approximate surface area is 213 Å². The SMILES string of the molecule is C#CCOc1ccc2c(c1)c(-c1ccc(C(C)C)cc1)nc(=O)n2Cc1cccc2[nH]c(C(N)=O)cc12. The summed E-state index contributed by atoms with van der Waals surface area (Å²) in [4.78, 5) is 32.7. The number of benzene rings is 3. The Hall–Kier alpha value is -4.83. The summed E-state index contributed by atoms with van der Waals surface area (Å²) in [7, 11) is 0. The lowest BCUT2D eigenvalue weighted by molar-refractivity contribution is 0.0996. The second kappa shape index (κ2) is 9.67. The average molecular weight is 491 g/mol. The lowest BCUT2D eigenvalue weighted by Gasteiger charge is -2.15. The van der Waals surface area contributed by atoms with Crippen LogP contribution in [0.15, 0.2) is 71.5 Å². The molecule has 0 radical (unpaired) electrons. The zero-order valence-electron chi connectivity index (χ0n) is 20.6. The molecule has 0 saturated carbocycles. The van der Waals surface area contributed by atoms with Gasteiger partial charge >= 0.3 is 5.69 Å². The number of hydrogen-bond donors (Lipinski definition) is 2. The van der Waals surface area contributed by atoms with Crippen molar-refractivity contribution in [3.8, 4) is 29.4 Å². The third-order valence-corrected chi connectivity index (χ3v) is 6.47. The molecule has 0 aliphatic rings. The number of aromatic nitrogens is 3. The number of H-pyrrole nitrogens is 1. The van der Waals surface area contributed by atoms with E-state index in [4.69, 9.17) is 16.9 Å². The summed E-state index contributed by atoms with van der Waals surface area (Å²) in [6.45, 7) is 4.66. The summed E-state index contributed by atoms with van der Waals surface area (Å²) in [5, 5.41) is 1.59. The second-order valence-corrected chi connectivity index (χ2v) is 9.20. The van der Waals surface area contributed by atoms with Gasteiger partial charge in [0.15, 0.2) is 0 Å². The maximum Gasteiger partial charge on any atom is 0.348 e. The molecule has 1 amide bonds. The quantitative estimate of drug-likeness (QED) is 0.319. The molecule has 3 N–H and O–H groups in total. The van der Waals surface area contributed by atoms with Crippen LogP contribution >= 0.6 is 0 Å². The van der Waals surface area contributed by atoms with E-state index in [2.05, 4.69) is 41.9 Å². The van der Waals surface area contributed by atoms with Crippen LogP contribution < -0.4 is 16.2 Å². The van der Waals surface area contributed by atoms with E-state index in [9.17, 15) is 9.59 Å². The summed E-state index contributed by atoms with van der Waals surface area (Å²) >= 11 is 0. The molecule has 2 aromatic heterocycles. The molecule has 5 rings (SSSR count). The van der Waals surface area contributed by atoms with Gasteiger partial charge in [-0.15, -0.1) is 6.42 Å². The first-order chi connectivity index (χ1) is 17.9. The molecule has 7 heteroatoms. The highest BCUT2D eigenvalue weighted by Gasteiger charge is 2.16. The summed E-state index contributed by atoms with van der Waals surface area (Å²) in [6, 6.07) is 21.0. The number of hydrogen-bond acceptors (Lipinski definition) is 4. The van der Waals surface area contributed by atoms with E-state index in [1.54, 1.807) is 16.7 Å². The van der Waals surface area contributed by atoms with E-state index in [-0.39, 0.29) is 18.8 Å². The number of nitrogens with two attached hydrogens (primary N) is 1. The Kier molecular flexibility index (Phi) is 6.24. The van der Waals surface area contributed by atoms with E-state index in [1.165, 1.54) is 5.56 Å². The van der Waals surface area contributed by atoms with E-state index in [0.717, 1.165) is 27.4 Å². The molecule has 7 nitrogen and oxygen atoms in total. The third-order valence-electron chi connectivity index (χ3n) is 6.47. The molecule has 0 atom stereocenters. The first-order valence-corrected chi connectivity index (χ1v) is 12.0. The molecule has 2 heterocycles. The van der Waals surface area contributed by atoms with Gasteiger partial charge < -0.3 is 15.5 Å². The number of carbonyl (C=O) groups is 1. The molecule has 3 aromatic carbocycles. The lowest BCUT2D eigenvalue weighted by Crippen LogP contribution is -2.24. The van der Waals surface area contributed by atoms with Gasteiger partial charge in [-0.3, -0.25) is 9.36 Å². The number of terminal acetylenes is 1. The highest BCUT2D eigenvalue weighted by Crippen LogP contribution is 2.31. The minimum atomic E-state index is -0.543. The fraction of sp³-hybridized carbons (Fsp3) is 0.167. The predicted octanol–water partition coefficient (Wildman–Crippen LogP) is 4.83. The topological polar surface area (TPSA) is 103 Å². The monoisotopic (exact) mass is 490 g/mol. The zero-order chi connectivity index (χ0) is 26.1. The molecular weight excluding hydrogens is 464 g/mol. The Balaban J connectivity index is 1.68. The number of nitrogens with zero attached hydrogens (tertiary/aromatic N) is 2. The zero-order valence-corrected chi connectivity index (χ0v) is 20.6. The smallest absolute Gasteiger partial charge is 0.348 e. The van der Waals surface area contributed by atoms with Gasteiger partial charge in [-0.2, -0.15) is 4.98 Å². The van der Waals surface area contributed by atoms with Crippen LogP contribution in [0.1, 0.15) is 41.4 Å². The van der Waals surface area contributed by atoms with Gasteiger partial charge in [0.2, 0.25) is 0 Å². The molecule has 0 saturated heterocycles. The largest absolute Gasteiger partial charge is 0.481 e. The van der Waals surface area contributed by atoms with E-state index in [0.29, 0.717) is 28.6 Å². The predicted molar refractivity (Wildman–Crippen MR) is 146 cm³/mol. The van der Waals surface area contributed by atoms with Gasteiger partial charge in [0.1, 0.15) is 18.1 Å². The highest BCUT2D eigenvalue weighted by atomic mass is 16.5. The van der Waals surface area contributed by atoms with Crippen LogP contribution in [0.2, 0.25) is 0 Å². The standard InChI is InChI=1S/C30H26N4O3/c1-4-14-37-22-12-13-27-24(15-22)28(20-10-8-19(9-11-20)18(2)3)33-30(36)34(27)17-21-6-5-7-25-23(21)16-26(32-25)29(31)35/h1,5-13,15-16,18,32H,14,17H2,2-3H3,(H2,31,35). The van der Waals surface area contributed by atoms with Crippen LogP contribution in [0.4, 0.5) is 0 Å². The third kappa shape index (κ3) is 4.57. The number of aromatic amines is 1. The Morgan fingerprint density at radius 2 is 1.89 bits per heavy atom. The normalized spacial score (nSPS) is 11.2. The molecule has 5 aromatic rings. The van der Waals surface area contributed by atoms with Gasteiger partial charge in [-0.1, -0.05) is 56.2 Å². The number of primary amides is 1. The van der Waals surface area contributed by atoms with Crippen LogP contribution in [0, 0.1) is 12.3 Å². The highest BCUT2D eigenvalue weighted by molar-refractivity contribution is 5.98. The molecule has 184 valence electrons. The van der Waals surface area contributed by atoms with Crippen molar-refractivity contribution < 1.29 is 9.53 Å². The Morgan fingerprint density at radius 3 is 2.59 bits per heavy atom. The molecule has 0 bridgehead atoms. The van der Waals surface area contributed by atoms with Gasteiger partial charge in [-0.25, -0.2) is 4.79 Å². The molecule has 0 unspecified atom stereocenters. The molecule has 0 spiro atoms. The van der Waals surface area contributed by atoms with Crippen LogP contribution in [0.5, 0.6) is 5.75 Å². The van der Waals surface area contributed by atoms with E-state index >= 15 is 0 Å². The Morgan fingerprint density at radius 1 is 1.11 bits per heavy atom. The molecule has 37 heavy (non-hydrogen) atoms. The molecule has 0 aliphatic heterocycles. The number of fused-ring (bicyclic) bond motifs is 2. The van der Waals surface area contributed by atoms with Crippen LogP contribution in [-0.4, -0.2) is 27.0 Å². The van der Waals surface area contributed by atoms with Gasteiger partial charge in [0.05, 0.1) is 17.8 Å². The van der Waals surface area contributed by atoms with Crippen LogP contribution in [-0.2, 0) is 6.54 Å². The molecule has 0 aliphatic carbocycles. The number of ether oxygens (including phenoxy) is 1. The van der Waals surface area contributed by atoms with Crippen molar-refractivity contribution in [3.63, 3.8) is 0 Å². The van der Waals surface area contributed by atoms with Crippen molar-refractivity contribution in [2.75, 3.05) is 6.61 Å². The summed E-state index contributed by atoms with van der Waals surface area (Å²) in [5.41, 5.74) is 10.3. The first-order valence-electron chi connectivity index (χ1n) is 12.0. The minimum Gasteiger partial charge on any atom is -0.481 e. The molecule has 0 fully saturated rings. The van der Waals surface area contributed by atoms with Crippen molar-refractivity contribution in [3.05, 3.63) is 94.0 Å². The molecular formula is C30H26N4O3. The fourth-order valence-corrected chi connectivity index (χ4v) is 4.53.